The summed E-state index contributed by atoms with van der Waals surface area (Å²) < 4.78 is 65.7. The first-order valence-electron chi connectivity index (χ1n) is 14.7. The van der Waals surface area contributed by atoms with Crippen LogP contribution in [0, 0.1) is 29.2 Å². The van der Waals surface area contributed by atoms with E-state index in [0.29, 0.717) is 36.1 Å². The molecule has 0 aromatic heterocycles. The molecule has 0 radical (unpaired) electrons. The van der Waals surface area contributed by atoms with E-state index in [0.717, 1.165) is 25.7 Å². The first-order valence-corrected chi connectivity index (χ1v) is 14.7. The van der Waals surface area contributed by atoms with Crippen LogP contribution in [0.4, 0.5) is 17.6 Å². The molecule has 2 unspecified atom stereocenters. The molecule has 1 nitrogen and oxygen atoms in total. The standard InChI is InChI=1S/C35H40F4O/c1-3-5-6-7-8-9-10-11-12-27-18-19-28(33(37)32(27)36)25-14-16-26(17-15-25)29-20-21-30(35(39)34(29)38)31-22-13-24(4-2)23-40-31/h4,14-21,24,31H,2-3,5-13,22-23H2,1H3. The van der Waals surface area contributed by atoms with Crippen molar-refractivity contribution in [2.24, 2.45) is 5.92 Å². The smallest absolute Gasteiger partial charge is 0.167 e. The van der Waals surface area contributed by atoms with Gasteiger partial charge >= 0.3 is 0 Å². The maximum absolute atomic E-state index is 15.1. The van der Waals surface area contributed by atoms with Crippen molar-refractivity contribution < 1.29 is 22.3 Å². The van der Waals surface area contributed by atoms with Crippen molar-refractivity contribution in [3.63, 3.8) is 0 Å². The van der Waals surface area contributed by atoms with Gasteiger partial charge in [-0.1, -0.05) is 106 Å². The minimum Gasteiger partial charge on any atom is -0.373 e. The first kappa shape index (κ1) is 30.0. The summed E-state index contributed by atoms with van der Waals surface area (Å²) in [6.45, 7) is 6.41. The highest BCUT2D eigenvalue weighted by molar-refractivity contribution is 5.71. The Morgan fingerprint density at radius 1 is 0.700 bits per heavy atom. The lowest BCUT2D eigenvalue weighted by molar-refractivity contribution is -0.00732. The Bertz CT molecular complexity index is 1260. The zero-order valence-corrected chi connectivity index (χ0v) is 23.5. The molecule has 3 aromatic carbocycles. The molecule has 0 amide bonds. The molecule has 1 heterocycles. The maximum atomic E-state index is 15.1. The van der Waals surface area contributed by atoms with Crippen LogP contribution in [-0.2, 0) is 11.2 Å². The lowest BCUT2D eigenvalue weighted by Gasteiger charge is -2.28. The van der Waals surface area contributed by atoms with Gasteiger partial charge in [0.1, 0.15) is 0 Å². The van der Waals surface area contributed by atoms with Crippen LogP contribution >= 0.6 is 0 Å². The Hall–Kier alpha value is -2.92. The van der Waals surface area contributed by atoms with Crippen LogP contribution < -0.4 is 0 Å². The first-order chi connectivity index (χ1) is 19.4. The van der Waals surface area contributed by atoms with Gasteiger partial charge in [-0.25, -0.2) is 17.6 Å². The van der Waals surface area contributed by atoms with Gasteiger partial charge in [0.2, 0.25) is 0 Å². The molecule has 3 aromatic rings. The van der Waals surface area contributed by atoms with E-state index in [1.807, 2.05) is 6.08 Å². The lowest BCUT2D eigenvalue weighted by Crippen LogP contribution is -2.20. The number of aryl methyl sites for hydroxylation is 1. The van der Waals surface area contributed by atoms with Crippen molar-refractivity contribution in [1.29, 1.82) is 0 Å². The van der Waals surface area contributed by atoms with Gasteiger partial charge in [0.25, 0.3) is 0 Å². The van der Waals surface area contributed by atoms with E-state index in [1.54, 1.807) is 48.5 Å². The van der Waals surface area contributed by atoms with Crippen LogP contribution in [-0.4, -0.2) is 6.61 Å². The van der Waals surface area contributed by atoms with Crippen molar-refractivity contribution in [2.45, 2.75) is 83.7 Å². The summed E-state index contributed by atoms with van der Waals surface area (Å²) in [6.07, 6.45) is 12.4. The zero-order valence-electron chi connectivity index (χ0n) is 23.5. The number of ether oxygens (including phenoxy) is 1. The summed E-state index contributed by atoms with van der Waals surface area (Å²) in [5.41, 5.74) is 1.80. The summed E-state index contributed by atoms with van der Waals surface area (Å²) in [7, 11) is 0. The Labute approximate surface area is 236 Å². The number of rotatable bonds is 13. The molecule has 1 aliphatic heterocycles. The lowest BCUT2D eigenvalue weighted by atomic mass is 9.92. The van der Waals surface area contributed by atoms with E-state index >= 15 is 13.2 Å². The largest absolute Gasteiger partial charge is 0.373 e. The average Bonchev–Trinajstić information content (AvgIpc) is 2.98. The molecular formula is C35H40F4O. The van der Waals surface area contributed by atoms with Gasteiger partial charge in [0, 0.05) is 22.6 Å². The van der Waals surface area contributed by atoms with E-state index in [9.17, 15) is 4.39 Å². The van der Waals surface area contributed by atoms with E-state index in [4.69, 9.17) is 4.74 Å². The molecule has 0 N–H and O–H groups in total. The molecule has 1 fully saturated rings. The average molecular weight is 553 g/mol. The van der Waals surface area contributed by atoms with Crippen molar-refractivity contribution in [3.05, 3.63) is 95.6 Å². The SMILES string of the molecule is C=CC1CCC(c2ccc(-c3ccc(-c4ccc(CCCCCCCCCC)c(F)c4F)cc3)c(F)c2F)OC1. The fraction of sp³-hybridized carbons (Fsp3) is 0.429. The number of unbranched alkanes of at least 4 members (excludes halogenated alkanes) is 7. The molecule has 1 aliphatic rings. The highest BCUT2D eigenvalue weighted by Gasteiger charge is 2.26. The highest BCUT2D eigenvalue weighted by Crippen LogP contribution is 2.36. The minimum atomic E-state index is -0.942. The quantitative estimate of drug-likeness (QED) is 0.116. The topological polar surface area (TPSA) is 9.23 Å². The van der Waals surface area contributed by atoms with Crippen LogP contribution in [0.1, 0.15) is 88.4 Å². The Morgan fingerprint density at radius 2 is 1.27 bits per heavy atom. The van der Waals surface area contributed by atoms with Crippen molar-refractivity contribution in [2.75, 3.05) is 6.61 Å². The van der Waals surface area contributed by atoms with Crippen molar-refractivity contribution >= 4 is 0 Å². The van der Waals surface area contributed by atoms with Crippen LogP contribution in [0.25, 0.3) is 22.3 Å². The normalized spacial score (nSPS) is 17.2. The molecule has 2 atom stereocenters. The van der Waals surface area contributed by atoms with Gasteiger partial charge in [0.15, 0.2) is 23.3 Å². The fourth-order valence-corrected chi connectivity index (χ4v) is 5.52. The Balaban J connectivity index is 1.40. The minimum absolute atomic E-state index is 0.111. The van der Waals surface area contributed by atoms with Gasteiger partial charge in [-0.15, -0.1) is 6.58 Å². The van der Waals surface area contributed by atoms with Crippen molar-refractivity contribution in [3.8, 4) is 22.3 Å². The van der Waals surface area contributed by atoms with E-state index in [-0.39, 0.29) is 22.6 Å². The second-order valence-electron chi connectivity index (χ2n) is 10.9. The Kier molecular flexibility index (Phi) is 11.0. The van der Waals surface area contributed by atoms with E-state index in [2.05, 4.69) is 13.5 Å². The predicted octanol–water partition coefficient (Wildman–Crippen LogP) is 10.9. The van der Waals surface area contributed by atoms with Gasteiger partial charge in [-0.05, 0) is 42.4 Å². The molecule has 0 bridgehead atoms. The van der Waals surface area contributed by atoms with Crippen molar-refractivity contribution in [1.82, 2.24) is 0 Å². The number of benzene rings is 3. The predicted molar refractivity (Wildman–Crippen MR) is 155 cm³/mol. The third-order valence-corrected chi connectivity index (χ3v) is 8.07. The molecule has 214 valence electrons. The van der Waals surface area contributed by atoms with E-state index < -0.39 is 29.4 Å². The summed E-state index contributed by atoms with van der Waals surface area (Å²) in [5.74, 6) is -3.31. The monoisotopic (exact) mass is 552 g/mol. The summed E-state index contributed by atoms with van der Waals surface area (Å²) in [6, 6.07) is 12.8. The summed E-state index contributed by atoms with van der Waals surface area (Å²) in [4.78, 5) is 0. The summed E-state index contributed by atoms with van der Waals surface area (Å²) in [5, 5.41) is 0. The molecule has 40 heavy (non-hydrogen) atoms. The number of halogens is 4. The highest BCUT2D eigenvalue weighted by atomic mass is 19.2. The molecule has 4 rings (SSSR count). The number of hydrogen-bond acceptors (Lipinski definition) is 1. The fourth-order valence-electron chi connectivity index (χ4n) is 5.52. The van der Waals surface area contributed by atoms with Gasteiger partial charge in [0.05, 0.1) is 12.7 Å². The van der Waals surface area contributed by atoms with Crippen LogP contribution in [0.5, 0.6) is 0 Å². The molecule has 5 heteroatoms. The second kappa shape index (κ2) is 14.6. The van der Waals surface area contributed by atoms with Gasteiger partial charge in [-0.3, -0.25) is 0 Å². The van der Waals surface area contributed by atoms with Crippen LogP contribution in [0.15, 0.2) is 61.2 Å². The molecule has 1 saturated heterocycles. The second-order valence-corrected chi connectivity index (χ2v) is 10.9. The molecule has 0 aliphatic carbocycles. The van der Waals surface area contributed by atoms with Crippen LogP contribution in [0.2, 0.25) is 0 Å². The zero-order chi connectivity index (χ0) is 28.5. The van der Waals surface area contributed by atoms with Crippen LogP contribution in [0.3, 0.4) is 0 Å². The van der Waals surface area contributed by atoms with Gasteiger partial charge < -0.3 is 4.74 Å². The molecule has 0 spiro atoms. The third kappa shape index (κ3) is 7.23. The number of hydrogen-bond donors (Lipinski definition) is 0. The van der Waals surface area contributed by atoms with E-state index in [1.165, 1.54) is 32.1 Å². The summed E-state index contributed by atoms with van der Waals surface area (Å²) >= 11 is 0. The molecular weight excluding hydrogens is 512 g/mol. The maximum Gasteiger partial charge on any atom is 0.167 e. The molecule has 0 saturated carbocycles. The van der Waals surface area contributed by atoms with Gasteiger partial charge in [-0.2, -0.15) is 0 Å². The third-order valence-electron chi connectivity index (χ3n) is 8.07. The Morgan fingerprint density at radius 3 is 1.85 bits per heavy atom.